The summed E-state index contributed by atoms with van der Waals surface area (Å²) in [7, 11) is 5.30. The van der Waals surface area contributed by atoms with Crippen LogP contribution in [0.15, 0.2) is 18.3 Å². The largest absolute Gasteiger partial charge is 0.481 e. The second-order valence-electron chi connectivity index (χ2n) is 6.64. The Bertz CT molecular complexity index is 578. The summed E-state index contributed by atoms with van der Waals surface area (Å²) in [5.41, 5.74) is 0.650. The lowest BCUT2D eigenvalue weighted by Crippen LogP contribution is -2.56. The summed E-state index contributed by atoms with van der Waals surface area (Å²) >= 11 is 0. The van der Waals surface area contributed by atoms with Crippen molar-refractivity contribution in [3.8, 4) is 5.88 Å². The predicted octanol–water partition coefficient (Wildman–Crippen LogP) is 1.16. The van der Waals surface area contributed by atoms with Gasteiger partial charge >= 0.3 is 0 Å². The zero-order valence-electron chi connectivity index (χ0n) is 14.1. The molecule has 23 heavy (non-hydrogen) atoms. The number of carbonyl (C=O) groups excluding carboxylic acids is 1. The van der Waals surface area contributed by atoms with Gasteiger partial charge in [0.05, 0.1) is 18.6 Å². The molecule has 0 radical (unpaired) electrons. The quantitative estimate of drug-likeness (QED) is 0.833. The molecule has 3 rings (SSSR count). The maximum absolute atomic E-state index is 12.8. The first-order valence-electron chi connectivity index (χ1n) is 8.10. The second-order valence-corrected chi connectivity index (χ2v) is 6.64. The molecule has 0 unspecified atom stereocenters. The molecular formula is C17H25N3O3. The molecule has 1 aromatic heterocycles. The van der Waals surface area contributed by atoms with Gasteiger partial charge in [0.25, 0.3) is 0 Å². The second kappa shape index (κ2) is 6.45. The van der Waals surface area contributed by atoms with Crippen LogP contribution in [0, 0.1) is 5.41 Å². The van der Waals surface area contributed by atoms with E-state index in [1.165, 1.54) is 0 Å². The summed E-state index contributed by atoms with van der Waals surface area (Å²) in [6, 6.07) is 3.95. The Morgan fingerprint density at radius 3 is 3.13 bits per heavy atom. The van der Waals surface area contributed by atoms with E-state index in [0.717, 1.165) is 38.0 Å². The van der Waals surface area contributed by atoms with Crippen molar-refractivity contribution < 1.29 is 14.3 Å². The van der Waals surface area contributed by atoms with Crippen LogP contribution in [0.5, 0.6) is 5.88 Å². The van der Waals surface area contributed by atoms with E-state index in [0.29, 0.717) is 12.5 Å². The van der Waals surface area contributed by atoms with Crippen LogP contribution in [0.2, 0.25) is 0 Å². The SMILES string of the molecule is COc1ncccc1CN1CC[C@@H]2OCC[C@]2(C(=O)N(C)C)C1. The van der Waals surface area contributed by atoms with Crippen LogP contribution >= 0.6 is 0 Å². The van der Waals surface area contributed by atoms with Crippen molar-refractivity contribution in [2.75, 3.05) is 40.9 Å². The maximum Gasteiger partial charge on any atom is 0.232 e. The van der Waals surface area contributed by atoms with E-state index in [1.54, 1.807) is 18.2 Å². The first kappa shape index (κ1) is 16.2. The highest BCUT2D eigenvalue weighted by molar-refractivity contribution is 5.83. The van der Waals surface area contributed by atoms with E-state index in [2.05, 4.69) is 9.88 Å². The van der Waals surface area contributed by atoms with Crippen molar-refractivity contribution in [1.82, 2.24) is 14.8 Å². The Hall–Kier alpha value is -1.66. The fourth-order valence-corrected chi connectivity index (χ4v) is 3.88. The van der Waals surface area contributed by atoms with Crippen LogP contribution < -0.4 is 4.74 Å². The lowest BCUT2D eigenvalue weighted by Gasteiger charge is -2.43. The van der Waals surface area contributed by atoms with Crippen LogP contribution in [0.1, 0.15) is 18.4 Å². The third-order valence-corrected chi connectivity index (χ3v) is 4.97. The van der Waals surface area contributed by atoms with Gasteiger partial charge in [-0.25, -0.2) is 4.98 Å². The molecule has 2 aliphatic heterocycles. The van der Waals surface area contributed by atoms with Gasteiger partial charge in [-0.2, -0.15) is 0 Å². The van der Waals surface area contributed by atoms with Crippen LogP contribution in [-0.2, 0) is 16.1 Å². The number of piperidine rings is 1. The van der Waals surface area contributed by atoms with Crippen molar-refractivity contribution in [3.63, 3.8) is 0 Å². The minimum absolute atomic E-state index is 0.0458. The standard InChI is InChI=1S/C17H25N3O3/c1-19(2)16(21)17-7-10-23-14(17)6-9-20(12-17)11-13-5-4-8-18-15(13)22-3/h4-5,8,14H,6-7,9-12H2,1-3H3/t14-,17-/m0/s1. The van der Waals surface area contributed by atoms with Crippen LogP contribution in [0.25, 0.3) is 0 Å². The zero-order valence-corrected chi connectivity index (χ0v) is 14.1. The minimum Gasteiger partial charge on any atom is -0.481 e. The summed E-state index contributed by atoms with van der Waals surface area (Å²) in [6.45, 7) is 3.07. The smallest absolute Gasteiger partial charge is 0.232 e. The van der Waals surface area contributed by atoms with Crippen molar-refractivity contribution in [2.24, 2.45) is 5.41 Å². The highest BCUT2D eigenvalue weighted by atomic mass is 16.5. The average Bonchev–Trinajstić information content (AvgIpc) is 2.98. The Morgan fingerprint density at radius 2 is 2.39 bits per heavy atom. The summed E-state index contributed by atoms with van der Waals surface area (Å²) in [4.78, 5) is 21.1. The number of likely N-dealkylation sites (tertiary alicyclic amines) is 1. The van der Waals surface area contributed by atoms with Crippen LogP contribution in [0.4, 0.5) is 0 Å². The topological polar surface area (TPSA) is 54.9 Å². The molecule has 126 valence electrons. The number of pyridine rings is 1. The van der Waals surface area contributed by atoms with Crippen molar-refractivity contribution >= 4 is 5.91 Å². The van der Waals surface area contributed by atoms with E-state index in [-0.39, 0.29) is 12.0 Å². The van der Waals surface area contributed by atoms with Gasteiger partial charge in [-0.1, -0.05) is 6.07 Å². The maximum atomic E-state index is 12.8. The number of fused-ring (bicyclic) bond motifs is 1. The molecule has 0 bridgehead atoms. The third-order valence-electron chi connectivity index (χ3n) is 4.97. The number of hydrogen-bond donors (Lipinski definition) is 0. The van der Waals surface area contributed by atoms with Gasteiger partial charge in [-0.3, -0.25) is 9.69 Å². The molecule has 1 aromatic rings. The number of nitrogens with zero attached hydrogens (tertiary/aromatic N) is 3. The number of hydrogen-bond acceptors (Lipinski definition) is 5. The number of carbonyl (C=O) groups is 1. The van der Waals surface area contributed by atoms with Gasteiger partial charge in [-0.05, 0) is 18.9 Å². The average molecular weight is 319 g/mol. The lowest BCUT2D eigenvalue weighted by atomic mass is 9.75. The van der Waals surface area contributed by atoms with Crippen molar-refractivity contribution in [1.29, 1.82) is 0 Å². The van der Waals surface area contributed by atoms with E-state index in [4.69, 9.17) is 9.47 Å². The number of methoxy groups -OCH3 is 1. The molecule has 1 amide bonds. The molecule has 2 saturated heterocycles. The molecular weight excluding hydrogens is 294 g/mol. The first-order valence-corrected chi connectivity index (χ1v) is 8.10. The van der Waals surface area contributed by atoms with E-state index in [1.807, 2.05) is 26.2 Å². The van der Waals surface area contributed by atoms with Gasteiger partial charge in [0, 0.05) is 52.1 Å². The molecule has 6 heteroatoms. The van der Waals surface area contributed by atoms with E-state index in [9.17, 15) is 4.79 Å². The monoisotopic (exact) mass is 319 g/mol. The molecule has 6 nitrogen and oxygen atoms in total. The molecule has 0 N–H and O–H groups in total. The number of rotatable bonds is 4. The summed E-state index contributed by atoms with van der Waals surface area (Å²) in [6.07, 6.45) is 3.47. The van der Waals surface area contributed by atoms with Gasteiger partial charge in [0.2, 0.25) is 11.8 Å². The molecule has 0 saturated carbocycles. The third kappa shape index (κ3) is 2.93. The summed E-state index contributed by atoms with van der Waals surface area (Å²) in [5, 5.41) is 0. The fraction of sp³-hybridized carbons (Fsp3) is 0.647. The van der Waals surface area contributed by atoms with Crippen LogP contribution in [-0.4, -0.2) is 67.7 Å². The van der Waals surface area contributed by atoms with Crippen LogP contribution in [0.3, 0.4) is 0 Å². The molecule has 2 atom stereocenters. The van der Waals surface area contributed by atoms with Gasteiger partial charge in [0.15, 0.2) is 0 Å². The number of ether oxygens (including phenoxy) is 2. The highest BCUT2D eigenvalue weighted by Gasteiger charge is 2.53. The lowest BCUT2D eigenvalue weighted by molar-refractivity contribution is -0.148. The van der Waals surface area contributed by atoms with Gasteiger partial charge < -0.3 is 14.4 Å². The Kier molecular flexibility index (Phi) is 4.55. The predicted molar refractivity (Wildman–Crippen MR) is 86.2 cm³/mol. The molecule has 0 aliphatic carbocycles. The van der Waals surface area contributed by atoms with E-state index < -0.39 is 5.41 Å². The summed E-state index contributed by atoms with van der Waals surface area (Å²) < 4.78 is 11.2. The Morgan fingerprint density at radius 1 is 1.57 bits per heavy atom. The van der Waals surface area contributed by atoms with Crippen molar-refractivity contribution in [2.45, 2.75) is 25.5 Å². The summed E-state index contributed by atoms with van der Waals surface area (Å²) in [5.74, 6) is 0.841. The Labute approximate surface area is 137 Å². The minimum atomic E-state index is -0.406. The first-order chi connectivity index (χ1) is 11.1. The zero-order chi connectivity index (χ0) is 16.4. The Balaban J connectivity index is 1.79. The molecule has 2 fully saturated rings. The van der Waals surface area contributed by atoms with Crippen molar-refractivity contribution in [3.05, 3.63) is 23.9 Å². The molecule has 0 aromatic carbocycles. The number of amides is 1. The number of aromatic nitrogens is 1. The van der Waals surface area contributed by atoms with E-state index >= 15 is 0 Å². The fourth-order valence-electron chi connectivity index (χ4n) is 3.88. The molecule has 3 heterocycles. The van der Waals surface area contributed by atoms with Gasteiger partial charge in [0.1, 0.15) is 0 Å². The normalized spacial score (nSPS) is 27.5. The van der Waals surface area contributed by atoms with Gasteiger partial charge in [-0.15, -0.1) is 0 Å². The molecule has 2 aliphatic rings. The molecule has 0 spiro atoms. The highest BCUT2D eigenvalue weighted by Crippen LogP contribution is 2.42.